The van der Waals surface area contributed by atoms with Crippen LogP contribution in [0.25, 0.3) is 0 Å². The molecule has 1 saturated heterocycles. The highest BCUT2D eigenvalue weighted by atomic mass is 19.1. The minimum absolute atomic E-state index is 0.0665. The molecule has 0 aromatic heterocycles. The minimum Gasteiger partial charge on any atom is -0.390 e. The van der Waals surface area contributed by atoms with Crippen LogP contribution in [0, 0.1) is 5.82 Å². The average molecular weight is 293 g/mol. The molecule has 4 heteroatoms. The van der Waals surface area contributed by atoms with Gasteiger partial charge >= 0.3 is 0 Å². The van der Waals surface area contributed by atoms with E-state index in [1.807, 2.05) is 6.92 Å². The van der Waals surface area contributed by atoms with Gasteiger partial charge in [-0.2, -0.15) is 0 Å². The van der Waals surface area contributed by atoms with Crippen LogP contribution in [0.1, 0.15) is 49.4 Å². The first-order valence-corrected chi connectivity index (χ1v) is 7.70. The average Bonchev–Trinajstić information content (AvgIpc) is 2.61. The number of aliphatic hydroxyl groups is 1. The number of carbonyl (C=O) groups excluding carboxylic acids is 1. The summed E-state index contributed by atoms with van der Waals surface area (Å²) < 4.78 is 12.8. The van der Waals surface area contributed by atoms with Gasteiger partial charge in [-0.15, -0.1) is 0 Å². The number of nitrogens with zero attached hydrogens (tertiary/aromatic N) is 1. The lowest BCUT2D eigenvalue weighted by Gasteiger charge is -2.22. The molecule has 0 bridgehead atoms. The summed E-state index contributed by atoms with van der Waals surface area (Å²) in [7, 11) is 0. The lowest BCUT2D eigenvalue weighted by atomic mass is 9.98. The van der Waals surface area contributed by atoms with Crippen molar-refractivity contribution in [2.75, 3.05) is 19.6 Å². The highest BCUT2D eigenvalue weighted by Gasteiger charge is 2.24. The number of Topliss-reactive ketones (excluding diaryl/α,β-unsaturated/α-hetero) is 1. The molecule has 0 spiro atoms. The Labute approximate surface area is 125 Å². The van der Waals surface area contributed by atoms with Crippen LogP contribution in [0.5, 0.6) is 0 Å². The van der Waals surface area contributed by atoms with Crippen molar-refractivity contribution < 1.29 is 14.3 Å². The Kier molecular flexibility index (Phi) is 5.48. The van der Waals surface area contributed by atoms with Crippen molar-refractivity contribution in [1.29, 1.82) is 0 Å². The van der Waals surface area contributed by atoms with E-state index in [4.69, 9.17) is 0 Å². The molecule has 0 amide bonds. The standard InChI is InChI=1S/C17H24FNO2/c1-17(21)9-3-12-19(13-10-17)11-2-4-16(20)14-5-7-15(18)8-6-14/h5-8,21H,2-4,9-13H2,1H3. The van der Waals surface area contributed by atoms with E-state index in [0.29, 0.717) is 12.0 Å². The van der Waals surface area contributed by atoms with Crippen LogP contribution in [0.3, 0.4) is 0 Å². The van der Waals surface area contributed by atoms with Gasteiger partial charge in [-0.25, -0.2) is 4.39 Å². The zero-order chi connectivity index (χ0) is 15.3. The Hall–Kier alpha value is -1.26. The van der Waals surface area contributed by atoms with Gasteiger partial charge in [-0.3, -0.25) is 4.79 Å². The Balaban J connectivity index is 1.74. The fraction of sp³-hybridized carbons (Fsp3) is 0.588. The lowest BCUT2D eigenvalue weighted by Crippen LogP contribution is -2.29. The van der Waals surface area contributed by atoms with Crippen molar-refractivity contribution in [3.05, 3.63) is 35.6 Å². The molecule has 1 aliphatic rings. The summed E-state index contributed by atoms with van der Waals surface area (Å²) in [4.78, 5) is 14.3. The summed E-state index contributed by atoms with van der Waals surface area (Å²) in [5.41, 5.74) is 0.0359. The van der Waals surface area contributed by atoms with Crippen molar-refractivity contribution >= 4 is 5.78 Å². The molecule has 2 rings (SSSR count). The second-order valence-corrected chi connectivity index (χ2v) is 6.23. The van der Waals surface area contributed by atoms with Crippen molar-refractivity contribution in [2.24, 2.45) is 0 Å². The quantitative estimate of drug-likeness (QED) is 0.848. The van der Waals surface area contributed by atoms with Crippen LogP contribution in [0.4, 0.5) is 4.39 Å². The predicted molar refractivity (Wildman–Crippen MR) is 80.9 cm³/mol. The van der Waals surface area contributed by atoms with Gasteiger partial charge in [0.25, 0.3) is 0 Å². The third-order valence-electron chi connectivity index (χ3n) is 4.20. The monoisotopic (exact) mass is 293 g/mol. The highest BCUT2D eigenvalue weighted by Crippen LogP contribution is 2.21. The Morgan fingerprint density at radius 3 is 2.71 bits per heavy atom. The maximum atomic E-state index is 12.8. The third-order valence-corrected chi connectivity index (χ3v) is 4.20. The van der Waals surface area contributed by atoms with Gasteiger partial charge in [0, 0.05) is 18.5 Å². The van der Waals surface area contributed by atoms with Crippen molar-refractivity contribution in [1.82, 2.24) is 4.90 Å². The maximum Gasteiger partial charge on any atom is 0.162 e. The predicted octanol–water partition coefficient (Wildman–Crippen LogP) is 3.03. The minimum atomic E-state index is -0.543. The second kappa shape index (κ2) is 7.14. The molecule has 1 atom stereocenters. The first-order valence-electron chi connectivity index (χ1n) is 7.70. The fourth-order valence-electron chi connectivity index (χ4n) is 2.79. The van der Waals surface area contributed by atoms with Crippen molar-refractivity contribution in [3.63, 3.8) is 0 Å². The molecule has 1 unspecified atom stereocenters. The number of hydrogen-bond acceptors (Lipinski definition) is 3. The summed E-state index contributed by atoms with van der Waals surface area (Å²) in [6.45, 7) is 4.65. The molecule has 1 aromatic rings. The molecule has 1 N–H and O–H groups in total. The van der Waals surface area contributed by atoms with Gasteiger partial charge in [-0.1, -0.05) is 0 Å². The molecule has 116 valence electrons. The van der Waals surface area contributed by atoms with Gasteiger partial charge in [0.2, 0.25) is 0 Å². The van der Waals surface area contributed by atoms with Gasteiger partial charge in [0.05, 0.1) is 5.60 Å². The van der Waals surface area contributed by atoms with Gasteiger partial charge in [-0.05, 0) is 70.0 Å². The Bertz CT molecular complexity index is 470. The largest absolute Gasteiger partial charge is 0.390 e. The van der Waals surface area contributed by atoms with Crippen molar-refractivity contribution in [3.8, 4) is 0 Å². The molecule has 3 nitrogen and oxygen atoms in total. The van der Waals surface area contributed by atoms with Crippen LogP contribution in [0.15, 0.2) is 24.3 Å². The number of hydrogen-bond donors (Lipinski definition) is 1. The van der Waals surface area contributed by atoms with Crippen LogP contribution < -0.4 is 0 Å². The van der Waals surface area contributed by atoms with Gasteiger partial charge in [0.1, 0.15) is 5.82 Å². The van der Waals surface area contributed by atoms with E-state index in [2.05, 4.69) is 4.90 Å². The van der Waals surface area contributed by atoms with Crippen LogP contribution in [0.2, 0.25) is 0 Å². The first-order chi connectivity index (χ1) is 9.96. The summed E-state index contributed by atoms with van der Waals surface area (Å²) >= 11 is 0. The number of carbonyl (C=O) groups is 1. The molecule has 0 radical (unpaired) electrons. The maximum absolute atomic E-state index is 12.8. The van der Waals surface area contributed by atoms with E-state index in [-0.39, 0.29) is 11.6 Å². The molecule has 1 fully saturated rings. The van der Waals surface area contributed by atoms with E-state index in [9.17, 15) is 14.3 Å². The Morgan fingerprint density at radius 2 is 2.00 bits per heavy atom. The molecule has 1 heterocycles. The summed E-state index contributed by atoms with van der Waals surface area (Å²) in [5.74, 6) is -0.250. The van der Waals surface area contributed by atoms with Gasteiger partial charge < -0.3 is 10.0 Å². The van der Waals surface area contributed by atoms with Crippen LogP contribution >= 0.6 is 0 Å². The summed E-state index contributed by atoms with van der Waals surface area (Å²) in [6, 6.07) is 5.73. The highest BCUT2D eigenvalue weighted by molar-refractivity contribution is 5.95. The number of benzene rings is 1. The van der Waals surface area contributed by atoms with Crippen LogP contribution in [-0.2, 0) is 0 Å². The molecular formula is C17H24FNO2. The van der Waals surface area contributed by atoms with Crippen molar-refractivity contribution in [2.45, 2.75) is 44.6 Å². The summed E-state index contributed by atoms with van der Waals surface area (Å²) in [5, 5.41) is 10.0. The first kappa shape index (κ1) is 16.1. The normalized spacial score (nSPS) is 23.8. The Morgan fingerprint density at radius 1 is 1.29 bits per heavy atom. The topological polar surface area (TPSA) is 40.5 Å². The second-order valence-electron chi connectivity index (χ2n) is 6.23. The van der Waals surface area contributed by atoms with E-state index < -0.39 is 5.60 Å². The van der Waals surface area contributed by atoms with E-state index in [1.165, 1.54) is 12.1 Å². The number of halogens is 1. The van der Waals surface area contributed by atoms with E-state index in [0.717, 1.165) is 45.3 Å². The van der Waals surface area contributed by atoms with E-state index in [1.54, 1.807) is 12.1 Å². The smallest absolute Gasteiger partial charge is 0.162 e. The molecule has 21 heavy (non-hydrogen) atoms. The molecular weight excluding hydrogens is 269 g/mol. The molecule has 0 saturated carbocycles. The van der Waals surface area contributed by atoms with Gasteiger partial charge in [0.15, 0.2) is 5.78 Å². The zero-order valence-corrected chi connectivity index (χ0v) is 12.6. The number of rotatable bonds is 5. The summed E-state index contributed by atoms with van der Waals surface area (Å²) in [6.07, 6.45) is 3.92. The number of ketones is 1. The van der Waals surface area contributed by atoms with Crippen LogP contribution in [-0.4, -0.2) is 41.0 Å². The lowest BCUT2D eigenvalue weighted by molar-refractivity contribution is 0.0446. The molecule has 1 aliphatic heterocycles. The molecule has 0 aliphatic carbocycles. The number of likely N-dealkylation sites (tertiary alicyclic amines) is 1. The SMILES string of the molecule is CC1(O)CCCN(CCCC(=O)c2ccc(F)cc2)CC1. The van der Waals surface area contributed by atoms with E-state index >= 15 is 0 Å². The third kappa shape index (κ3) is 5.21. The zero-order valence-electron chi connectivity index (χ0n) is 12.6. The fourth-order valence-corrected chi connectivity index (χ4v) is 2.79. The molecule has 1 aromatic carbocycles.